The molecule has 2 amide bonds. The summed E-state index contributed by atoms with van der Waals surface area (Å²) in [6.07, 6.45) is 8.41. The Morgan fingerprint density at radius 3 is 2.94 bits per heavy atom. The number of terminal acetylenes is 1. The van der Waals surface area contributed by atoms with Crippen LogP contribution in [-0.4, -0.2) is 29.5 Å². The number of nitrogens with zero attached hydrogens (tertiary/aromatic N) is 1. The molecule has 5 nitrogen and oxygen atoms in total. The molecule has 1 rings (SSSR count). The van der Waals surface area contributed by atoms with Crippen molar-refractivity contribution in [2.75, 3.05) is 13.2 Å². The summed E-state index contributed by atoms with van der Waals surface area (Å²) in [5.41, 5.74) is 5.66. The van der Waals surface area contributed by atoms with Gasteiger partial charge in [0.05, 0.1) is 6.54 Å². The minimum Gasteiger partial charge on any atom is -0.480 e. The first-order valence-corrected chi connectivity index (χ1v) is 5.23. The lowest BCUT2D eigenvalue weighted by molar-refractivity contribution is -0.0286. The van der Waals surface area contributed by atoms with E-state index in [0.29, 0.717) is 10.8 Å². The summed E-state index contributed by atoms with van der Waals surface area (Å²) in [5.74, 6) is 3.01. The maximum Gasteiger partial charge on any atom is 0.338 e. The minimum absolute atomic E-state index is 0.00118. The summed E-state index contributed by atoms with van der Waals surface area (Å²) in [7, 11) is 0. The third-order valence-corrected chi connectivity index (χ3v) is 2.06. The van der Waals surface area contributed by atoms with E-state index in [4.69, 9.17) is 22.1 Å². The number of benzene rings is 1. The van der Waals surface area contributed by atoms with Gasteiger partial charge < -0.3 is 10.5 Å². The Labute approximate surface area is 105 Å². The summed E-state index contributed by atoms with van der Waals surface area (Å²) in [5, 5.41) is 9.47. The molecule has 18 heavy (non-hydrogen) atoms. The van der Waals surface area contributed by atoms with Crippen molar-refractivity contribution in [1.29, 1.82) is 0 Å². The average Bonchev–Trinajstić information content (AvgIpc) is 2.37. The molecule has 5 heteroatoms. The van der Waals surface area contributed by atoms with Gasteiger partial charge in [0.2, 0.25) is 0 Å². The van der Waals surface area contributed by atoms with E-state index in [1.165, 1.54) is 0 Å². The molecular weight excluding hydrogens is 232 g/mol. The molecule has 0 spiro atoms. The van der Waals surface area contributed by atoms with Crippen LogP contribution in [0.15, 0.2) is 30.3 Å². The summed E-state index contributed by atoms with van der Waals surface area (Å²) >= 11 is 0. The third kappa shape index (κ3) is 4.20. The molecule has 0 aromatic heterocycles. The van der Waals surface area contributed by atoms with Gasteiger partial charge >= 0.3 is 6.03 Å². The number of urea groups is 1. The first-order chi connectivity index (χ1) is 8.65. The first kappa shape index (κ1) is 13.6. The van der Waals surface area contributed by atoms with Crippen molar-refractivity contribution in [1.82, 2.24) is 5.06 Å². The van der Waals surface area contributed by atoms with E-state index in [1.807, 2.05) is 18.2 Å². The number of carbonyl (C=O) groups is 1. The fraction of sp³-hybridized carbons (Fsp3) is 0.154. The minimum atomic E-state index is -0.906. The molecule has 0 saturated carbocycles. The van der Waals surface area contributed by atoms with Crippen LogP contribution in [0.4, 0.5) is 4.79 Å². The van der Waals surface area contributed by atoms with Crippen molar-refractivity contribution in [3.05, 3.63) is 35.9 Å². The largest absolute Gasteiger partial charge is 0.480 e. The monoisotopic (exact) mass is 246 g/mol. The number of carbonyl (C=O) groups excluding carboxylic acids is 1. The van der Waals surface area contributed by atoms with Crippen LogP contribution >= 0.6 is 0 Å². The second-order valence-electron chi connectivity index (χ2n) is 3.35. The zero-order valence-corrected chi connectivity index (χ0v) is 9.74. The third-order valence-electron chi connectivity index (χ3n) is 2.06. The van der Waals surface area contributed by atoms with Crippen LogP contribution in [0.1, 0.15) is 5.56 Å². The molecule has 1 aromatic carbocycles. The van der Waals surface area contributed by atoms with Crippen LogP contribution in [0.5, 0.6) is 5.75 Å². The number of hydrogen-bond donors (Lipinski definition) is 2. The SMILES string of the molecule is C#CCOc1ccccc1/C=C/CN(O)C(N)=O. The number of hydrogen-bond acceptors (Lipinski definition) is 3. The van der Waals surface area contributed by atoms with Gasteiger partial charge in [-0.2, -0.15) is 0 Å². The maximum atomic E-state index is 10.6. The van der Waals surface area contributed by atoms with E-state index < -0.39 is 6.03 Å². The van der Waals surface area contributed by atoms with Crippen LogP contribution in [-0.2, 0) is 0 Å². The van der Waals surface area contributed by atoms with Gasteiger partial charge in [-0.05, 0) is 6.07 Å². The molecule has 0 atom stereocenters. The Balaban J connectivity index is 2.69. The van der Waals surface area contributed by atoms with Gasteiger partial charge in [0.1, 0.15) is 12.4 Å². The summed E-state index contributed by atoms with van der Waals surface area (Å²) in [4.78, 5) is 10.6. The fourth-order valence-electron chi connectivity index (χ4n) is 1.24. The average molecular weight is 246 g/mol. The molecule has 0 unspecified atom stereocenters. The van der Waals surface area contributed by atoms with Crippen molar-refractivity contribution in [3.63, 3.8) is 0 Å². The van der Waals surface area contributed by atoms with Crippen LogP contribution in [0.3, 0.4) is 0 Å². The Kier molecular flexibility index (Phi) is 5.29. The van der Waals surface area contributed by atoms with Gasteiger partial charge in [-0.25, -0.2) is 9.86 Å². The molecule has 0 aliphatic rings. The van der Waals surface area contributed by atoms with Crippen LogP contribution in [0, 0.1) is 12.3 Å². The van der Waals surface area contributed by atoms with Crippen molar-refractivity contribution >= 4 is 12.1 Å². The number of nitrogens with two attached hydrogens (primary N) is 1. The molecule has 94 valence electrons. The normalized spacial score (nSPS) is 10.0. The maximum absolute atomic E-state index is 10.6. The van der Waals surface area contributed by atoms with Gasteiger partial charge in [0.25, 0.3) is 0 Å². The van der Waals surface area contributed by atoms with E-state index in [0.717, 1.165) is 5.56 Å². The lowest BCUT2D eigenvalue weighted by Crippen LogP contribution is -2.32. The number of hydroxylamine groups is 2. The van der Waals surface area contributed by atoms with Crippen molar-refractivity contribution in [2.24, 2.45) is 5.73 Å². The molecule has 3 N–H and O–H groups in total. The Morgan fingerprint density at radius 1 is 1.56 bits per heavy atom. The standard InChI is InChI=1S/C13H14N2O3/c1-2-10-18-12-8-4-3-6-11(12)7-5-9-15(17)13(14)16/h1,3-8,17H,9-10H2,(H2,14,16)/b7-5+. The lowest BCUT2D eigenvalue weighted by Gasteiger charge is -2.09. The summed E-state index contributed by atoms with van der Waals surface area (Å²) < 4.78 is 5.34. The molecule has 1 aromatic rings. The molecule has 0 aliphatic heterocycles. The predicted octanol–water partition coefficient (Wildman–Crippen LogP) is 1.48. The van der Waals surface area contributed by atoms with E-state index in [2.05, 4.69) is 5.92 Å². The van der Waals surface area contributed by atoms with Crippen molar-refractivity contribution < 1.29 is 14.7 Å². The Bertz CT molecular complexity index is 477. The van der Waals surface area contributed by atoms with Gasteiger partial charge in [0, 0.05) is 5.56 Å². The number of para-hydroxylation sites is 1. The molecule has 0 bridgehead atoms. The zero-order valence-electron chi connectivity index (χ0n) is 9.74. The highest BCUT2D eigenvalue weighted by atomic mass is 16.5. The number of primary amides is 1. The summed E-state index contributed by atoms with van der Waals surface area (Å²) in [6, 6.07) is 6.37. The van der Waals surface area contributed by atoms with E-state index in [9.17, 15) is 4.79 Å². The van der Waals surface area contributed by atoms with E-state index in [-0.39, 0.29) is 13.2 Å². The van der Waals surface area contributed by atoms with Crippen LogP contribution in [0.25, 0.3) is 6.08 Å². The molecular formula is C13H14N2O3. The smallest absolute Gasteiger partial charge is 0.338 e. The van der Waals surface area contributed by atoms with Crippen molar-refractivity contribution in [2.45, 2.75) is 0 Å². The van der Waals surface area contributed by atoms with Gasteiger partial charge in [0.15, 0.2) is 0 Å². The lowest BCUT2D eigenvalue weighted by atomic mass is 10.2. The van der Waals surface area contributed by atoms with Gasteiger partial charge in [-0.1, -0.05) is 36.3 Å². The topological polar surface area (TPSA) is 75.8 Å². The number of ether oxygens (including phenoxy) is 1. The Hall–Kier alpha value is -2.45. The van der Waals surface area contributed by atoms with E-state index >= 15 is 0 Å². The first-order valence-electron chi connectivity index (χ1n) is 5.23. The zero-order chi connectivity index (χ0) is 13.4. The molecule has 0 saturated heterocycles. The predicted molar refractivity (Wildman–Crippen MR) is 67.9 cm³/mol. The quantitative estimate of drug-likeness (QED) is 0.469. The highest BCUT2D eigenvalue weighted by molar-refractivity contribution is 5.71. The van der Waals surface area contributed by atoms with Crippen LogP contribution in [0.2, 0.25) is 0 Å². The summed E-state index contributed by atoms with van der Waals surface area (Å²) in [6.45, 7) is 0.178. The van der Waals surface area contributed by atoms with Crippen LogP contribution < -0.4 is 10.5 Å². The van der Waals surface area contributed by atoms with Crippen molar-refractivity contribution in [3.8, 4) is 18.1 Å². The van der Waals surface area contributed by atoms with Gasteiger partial charge in [-0.15, -0.1) is 6.42 Å². The molecule has 0 heterocycles. The molecule has 0 fully saturated rings. The highest BCUT2D eigenvalue weighted by Gasteiger charge is 2.02. The Morgan fingerprint density at radius 2 is 2.28 bits per heavy atom. The van der Waals surface area contributed by atoms with Gasteiger partial charge in [-0.3, -0.25) is 5.21 Å². The molecule has 0 aliphatic carbocycles. The fourth-order valence-corrected chi connectivity index (χ4v) is 1.24. The second kappa shape index (κ2) is 6.99. The molecule has 0 radical (unpaired) electrons. The van der Waals surface area contributed by atoms with E-state index in [1.54, 1.807) is 18.2 Å². The highest BCUT2D eigenvalue weighted by Crippen LogP contribution is 2.19. The second-order valence-corrected chi connectivity index (χ2v) is 3.35. The number of amides is 2. The number of rotatable bonds is 5.